The minimum atomic E-state index is -0.329. The maximum absolute atomic E-state index is 12.5. The summed E-state index contributed by atoms with van der Waals surface area (Å²) in [7, 11) is 1.59. The van der Waals surface area contributed by atoms with Gasteiger partial charge in [-0.05, 0) is 47.1 Å². The molecule has 1 aromatic carbocycles. The van der Waals surface area contributed by atoms with Gasteiger partial charge in [0, 0.05) is 16.2 Å². The Kier molecular flexibility index (Phi) is 4.61. The number of benzene rings is 1. The van der Waals surface area contributed by atoms with E-state index in [-0.39, 0.29) is 5.91 Å². The van der Waals surface area contributed by atoms with E-state index in [0.717, 1.165) is 10.0 Å². The average molecular weight is 387 g/mol. The molecule has 7 heteroatoms. The number of hydrogen-bond acceptors (Lipinski definition) is 4. The van der Waals surface area contributed by atoms with Crippen LogP contribution in [0.2, 0.25) is 0 Å². The lowest BCUT2D eigenvalue weighted by Gasteiger charge is -2.04. The van der Waals surface area contributed by atoms with Crippen LogP contribution in [-0.2, 0) is 0 Å². The van der Waals surface area contributed by atoms with Crippen molar-refractivity contribution >= 4 is 33.7 Å². The van der Waals surface area contributed by atoms with Crippen molar-refractivity contribution in [1.82, 2.24) is 14.8 Å². The molecule has 0 saturated carbocycles. The predicted octanol–water partition coefficient (Wildman–Crippen LogP) is 3.18. The fourth-order valence-corrected chi connectivity index (χ4v) is 2.73. The van der Waals surface area contributed by atoms with Crippen LogP contribution in [0.3, 0.4) is 0 Å². The number of rotatable bonds is 4. The first kappa shape index (κ1) is 16.2. The van der Waals surface area contributed by atoms with Gasteiger partial charge in [-0.3, -0.25) is 9.20 Å². The number of carbonyl (C=O) groups is 1. The van der Waals surface area contributed by atoms with Crippen molar-refractivity contribution in [1.29, 1.82) is 0 Å². The van der Waals surface area contributed by atoms with E-state index in [1.807, 2.05) is 36.4 Å². The van der Waals surface area contributed by atoms with Gasteiger partial charge in [0.1, 0.15) is 17.1 Å². The van der Waals surface area contributed by atoms with Gasteiger partial charge >= 0.3 is 0 Å². The van der Waals surface area contributed by atoms with E-state index in [1.54, 1.807) is 30.8 Å². The van der Waals surface area contributed by atoms with E-state index in [2.05, 4.69) is 31.4 Å². The van der Waals surface area contributed by atoms with Gasteiger partial charge in [-0.1, -0.05) is 12.1 Å². The summed E-state index contributed by atoms with van der Waals surface area (Å²) >= 11 is 3.40. The Hall–Kier alpha value is -2.67. The lowest BCUT2D eigenvalue weighted by atomic mass is 10.2. The zero-order chi connectivity index (χ0) is 17.1. The van der Waals surface area contributed by atoms with E-state index >= 15 is 0 Å². The second kappa shape index (κ2) is 6.84. The van der Waals surface area contributed by atoms with Gasteiger partial charge in [-0.2, -0.15) is 5.10 Å². The summed E-state index contributed by atoms with van der Waals surface area (Å²) in [6.45, 7) is 1.79. The molecule has 0 aliphatic carbocycles. The van der Waals surface area contributed by atoms with Crippen LogP contribution in [0.25, 0.3) is 5.65 Å². The highest BCUT2D eigenvalue weighted by atomic mass is 79.9. The number of pyridine rings is 1. The van der Waals surface area contributed by atoms with E-state index in [1.165, 1.54) is 0 Å². The highest BCUT2D eigenvalue weighted by Crippen LogP contribution is 2.17. The second-order valence-electron chi connectivity index (χ2n) is 5.06. The summed E-state index contributed by atoms with van der Waals surface area (Å²) in [6.07, 6.45) is 3.35. The number of methoxy groups -OCH3 is 1. The van der Waals surface area contributed by atoms with Gasteiger partial charge in [-0.15, -0.1) is 0 Å². The molecule has 0 aliphatic rings. The molecule has 0 bridgehead atoms. The summed E-state index contributed by atoms with van der Waals surface area (Å²) in [5, 5.41) is 4.02. The summed E-state index contributed by atoms with van der Waals surface area (Å²) in [5.41, 5.74) is 5.10. The molecule has 0 radical (unpaired) electrons. The number of hydrogen-bond donors (Lipinski definition) is 1. The summed E-state index contributed by atoms with van der Waals surface area (Å²) in [6, 6.07) is 11.1. The lowest BCUT2D eigenvalue weighted by Crippen LogP contribution is -2.20. The standard InChI is InChI=1S/C17H15BrN4O2/c1-11-16(22-10-13(18)7-8-15(22)20-11)17(23)21-19-9-12-5-3-4-6-14(12)24-2/h3-10H,1-2H3,(H,21,23)/b19-9-. The average Bonchev–Trinajstić information content (AvgIpc) is 2.90. The number of nitrogens with one attached hydrogen (secondary N) is 1. The molecule has 2 aromatic heterocycles. The van der Waals surface area contributed by atoms with Crippen LogP contribution >= 0.6 is 15.9 Å². The van der Waals surface area contributed by atoms with Crippen molar-refractivity contribution in [2.75, 3.05) is 7.11 Å². The zero-order valence-electron chi connectivity index (χ0n) is 13.2. The Labute approximate surface area is 147 Å². The lowest BCUT2D eigenvalue weighted by molar-refractivity contribution is 0.0948. The van der Waals surface area contributed by atoms with E-state index < -0.39 is 0 Å². The van der Waals surface area contributed by atoms with Crippen molar-refractivity contribution in [2.45, 2.75) is 6.92 Å². The predicted molar refractivity (Wildman–Crippen MR) is 95.7 cm³/mol. The molecule has 3 rings (SSSR count). The fourth-order valence-electron chi connectivity index (χ4n) is 2.40. The maximum atomic E-state index is 12.5. The van der Waals surface area contributed by atoms with Gasteiger partial charge in [0.05, 0.1) is 19.0 Å². The molecular weight excluding hydrogens is 372 g/mol. The molecule has 24 heavy (non-hydrogen) atoms. The van der Waals surface area contributed by atoms with Crippen molar-refractivity contribution in [3.63, 3.8) is 0 Å². The monoisotopic (exact) mass is 386 g/mol. The number of aromatic nitrogens is 2. The molecule has 2 heterocycles. The molecule has 1 amide bonds. The van der Waals surface area contributed by atoms with Crippen molar-refractivity contribution in [3.8, 4) is 5.75 Å². The number of nitrogens with zero attached hydrogens (tertiary/aromatic N) is 3. The molecule has 0 atom stereocenters. The molecule has 0 saturated heterocycles. The highest BCUT2D eigenvalue weighted by Gasteiger charge is 2.16. The zero-order valence-corrected chi connectivity index (χ0v) is 14.7. The first-order valence-corrected chi connectivity index (χ1v) is 8.00. The topological polar surface area (TPSA) is 68.0 Å². The van der Waals surface area contributed by atoms with Crippen LogP contribution in [0.1, 0.15) is 21.7 Å². The summed E-state index contributed by atoms with van der Waals surface area (Å²) < 4.78 is 7.83. The van der Waals surface area contributed by atoms with Crippen molar-refractivity contribution in [3.05, 3.63) is 64.0 Å². The maximum Gasteiger partial charge on any atom is 0.290 e. The van der Waals surface area contributed by atoms with Crippen molar-refractivity contribution < 1.29 is 9.53 Å². The number of aryl methyl sites for hydroxylation is 1. The normalized spacial score (nSPS) is 11.1. The Balaban J connectivity index is 1.84. The molecule has 0 fully saturated rings. The molecule has 1 N–H and O–H groups in total. The van der Waals surface area contributed by atoms with Crippen LogP contribution in [0.4, 0.5) is 0 Å². The number of ether oxygens (including phenoxy) is 1. The van der Waals surface area contributed by atoms with Crippen LogP contribution in [0.15, 0.2) is 52.2 Å². The van der Waals surface area contributed by atoms with E-state index in [9.17, 15) is 4.79 Å². The third-order valence-electron chi connectivity index (χ3n) is 3.48. The molecule has 122 valence electrons. The number of hydrazone groups is 1. The third kappa shape index (κ3) is 3.16. The minimum absolute atomic E-state index is 0.329. The number of imidazole rings is 1. The number of amides is 1. The van der Waals surface area contributed by atoms with Gasteiger partial charge in [0.15, 0.2) is 0 Å². The fraction of sp³-hybridized carbons (Fsp3) is 0.118. The number of carbonyl (C=O) groups excluding carboxylic acids is 1. The van der Waals surface area contributed by atoms with Gasteiger partial charge in [0.2, 0.25) is 0 Å². The van der Waals surface area contributed by atoms with Gasteiger partial charge in [0.25, 0.3) is 5.91 Å². The molecular formula is C17H15BrN4O2. The van der Waals surface area contributed by atoms with Crippen molar-refractivity contribution in [2.24, 2.45) is 5.10 Å². The first-order valence-electron chi connectivity index (χ1n) is 7.21. The number of halogens is 1. The highest BCUT2D eigenvalue weighted by molar-refractivity contribution is 9.10. The first-order chi connectivity index (χ1) is 11.6. The van der Waals surface area contributed by atoms with Crippen LogP contribution in [0, 0.1) is 6.92 Å². The van der Waals surface area contributed by atoms with E-state index in [0.29, 0.717) is 22.8 Å². The summed E-state index contributed by atoms with van der Waals surface area (Å²) in [5.74, 6) is 0.356. The Morgan fingerprint density at radius 2 is 2.12 bits per heavy atom. The van der Waals surface area contributed by atoms with Crippen LogP contribution < -0.4 is 10.2 Å². The van der Waals surface area contributed by atoms with Crippen LogP contribution in [-0.4, -0.2) is 28.6 Å². The quantitative estimate of drug-likeness (QED) is 0.552. The smallest absolute Gasteiger partial charge is 0.290 e. The Morgan fingerprint density at radius 3 is 2.92 bits per heavy atom. The molecule has 0 spiro atoms. The Bertz CT molecular complexity index is 933. The van der Waals surface area contributed by atoms with Crippen LogP contribution in [0.5, 0.6) is 5.75 Å². The molecule has 0 unspecified atom stereocenters. The second-order valence-corrected chi connectivity index (χ2v) is 5.98. The number of fused-ring (bicyclic) bond motifs is 1. The molecule has 3 aromatic rings. The molecule has 0 aliphatic heterocycles. The van der Waals surface area contributed by atoms with Gasteiger partial charge < -0.3 is 4.74 Å². The number of para-hydroxylation sites is 1. The third-order valence-corrected chi connectivity index (χ3v) is 3.95. The molecule has 6 nitrogen and oxygen atoms in total. The largest absolute Gasteiger partial charge is 0.496 e. The van der Waals surface area contributed by atoms with E-state index in [4.69, 9.17) is 4.74 Å². The Morgan fingerprint density at radius 1 is 1.33 bits per heavy atom. The summed E-state index contributed by atoms with van der Waals surface area (Å²) in [4.78, 5) is 16.8. The van der Waals surface area contributed by atoms with Gasteiger partial charge in [-0.25, -0.2) is 10.4 Å². The SMILES string of the molecule is COc1ccccc1/C=N\NC(=O)c1c(C)nc2ccc(Br)cn12. The minimum Gasteiger partial charge on any atom is -0.496 e.